The summed E-state index contributed by atoms with van der Waals surface area (Å²) in [7, 11) is 0. The van der Waals surface area contributed by atoms with Crippen LogP contribution in [0.1, 0.15) is 44.3 Å². The van der Waals surface area contributed by atoms with Crippen LogP contribution in [0, 0.1) is 0 Å². The van der Waals surface area contributed by atoms with Gasteiger partial charge in [-0.15, -0.1) is 0 Å². The van der Waals surface area contributed by atoms with Crippen molar-refractivity contribution in [3.63, 3.8) is 0 Å². The number of rotatable bonds is 4. The van der Waals surface area contributed by atoms with Gasteiger partial charge in [-0.2, -0.15) is 0 Å². The van der Waals surface area contributed by atoms with Crippen LogP contribution in [-0.4, -0.2) is 22.2 Å². The molecular formula is C13H20N2O. The molecule has 3 nitrogen and oxygen atoms in total. The van der Waals surface area contributed by atoms with Gasteiger partial charge in [-0.3, -0.25) is 4.98 Å². The van der Waals surface area contributed by atoms with Gasteiger partial charge in [0, 0.05) is 18.8 Å². The minimum absolute atomic E-state index is 0.200. The summed E-state index contributed by atoms with van der Waals surface area (Å²) in [6, 6.07) is 6.12. The molecule has 1 unspecified atom stereocenters. The number of aromatic nitrogens is 1. The van der Waals surface area contributed by atoms with E-state index in [1.54, 1.807) is 6.20 Å². The van der Waals surface area contributed by atoms with Gasteiger partial charge in [0.2, 0.25) is 0 Å². The molecule has 1 fully saturated rings. The maximum absolute atomic E-state index is 10.2. The van der Waals surface area contributed by atoms with Crippen LogP contribution in [0.15, 0.2) is 24.4 Å². The molecule has 1 heterocycles. The molecule has 0 saturated heterocycles. The van der Waals surface area contributed by atoms with Crippen molar-refractivity contribution in [1.29, 1.82) is 0 Å². The zero-order chi connectivity index (χ0) is 11.4. The van der Waals surface area contributed by atoms with E-state index in [2.05, 4.69) is 17.2 Å². The van der Waals surface area contributed by atoms with Crippen LogP contribution >= 0.6 is 0 Å². The van der Waals surface area contributed by atoms with E-state index in [-0.39, 0.29) is 6.04 Å². The molecule has 2 N–H and O–H groups in total. The Morgan fingerprint density at radius 3 is 2.81 bits per heavy atom. The van der Waals surface area contributed by atoms with Gasteiger partial charge < -0.3 is 10.4 Å². The van der Waals surface area contributed by atoms with Crippen molar-refractivity contribution >= 4 is 0 Å². The molecule has 1 aromatic heterocycles. The Morgan fingerprint density at radius 1 is 1.44 bits per heavy atom. The fourth-order valence-corrected chi connectivity index (χ4v) is 2.29. The molecule has 88 valence electrons. The van der Waals surface area contributed by atoms with Gasteiger partial charge in [0.15, 0.2) is 0 Å². The van der Waals surface area contributed by atoms with Gasteiger partial charge in [0.25, 0.3) is 0 Å². The Labute approximate surface area is 96.9 Å². The molecule has 16 heavy (non-hydrogen) atoms. The molecular weight excluding hydrogens is 200 g/mol. The Bertz CT molecular complexity index is 320. The van der Waals surface area contributed by atoms with Gasteiger partial charge in [-0.05, 0) is 31.9 Å². The second kappa shape index (κ2) is 4.93. The van der Waals surface area contributed by atoms with E-state index in [9.17, 15) is 5.11 Å². The summed E-state index contributed by atoms with van der Waals surface area (Å²) in [6.07, 6.45) is 5.95. The maximum atomic E-state index is 10.2. The van der Waals surface area contributed by atoms with Gasteiger partial charge >= 0.3 is 0 Å². The van der Waals surface area contributed by atoms with Crippen LogP contribution in [0.3, 0.4) is 0 Å². The minimum atomic E-state index is -0.483. The summed E-state index contributed by atoms with van der Waals surface area (Å²) >= 11 is 0. The summed E-state index contributed by atoms with van der Waals surface area (Å²) < 4.78 is 0. The summed E-state index contributed by atoms with van der Waals surface area (Å²) in [4.78, 5) is 4.30. The highest BCUT2D eigenvalue weighted by Crippen LogP contribution is 2.29. The number of aliphatic hydroxyl groups is 1. The minimum Gasteiger partial charge on any atom is -0.389 e. The first-order chi connectivity index (χ1) is 7.70. The van der Waals surface area contributed by atoms with E-state index in [0.29, 0.717) is 6.54 Å². The maximum Gasteiger partial charge on any atom is 0.0771 e. The first-order valence-electron chi connectivity index (χ1n) is 6.06. The van der Waals surface area contributed by atoms with Crippen molar-refractivity contribution in [3.05, 3.63) is 30.1 Å². The molecule has 0 aliphatic heterocycles. The van der Waals surface area contributed by atoms with Gasteiger partial charge in [-0.1, -0.05) is 18.9 Å². The lowest BCUT2D eigenvalue weighted by Gasteiger charge is -2.25. The number of hydrogen-bond acceptors (Lipinski definition) is 3. The third kappa shape index (κ3) is 2.80. The van der Waals surface area contributed by atoms with E-state index in [0.717, 1.165) is 31.4 Å². The van der Waals surface area contributed by atoms with Crippen LogP contribution in [0.4, 0.5) is 0 Å². The van der Waals surface area contributed by atoms with Crippen molar-refractivity contribution in [2.75, 3.05) is 6.54 Å². The van der Waals surface area contributed by atoms with Crippen molar-refractivity contribution in [2.24, 2.45) is 0 Å². The fraction of sp³-hybridized carbons (Fsp3) is 0.615. The SMILES string of the molecule is CC(NCC1(O)CCCC1)c1ccccn1. The third-order valence-electron chi connectivity index (χ3n) is 3.40. The first-order valence-corrected chi connectivity index (χ1v) is 6.06. The molecule has 0 radical (unpaired) electrons. The highest BCUT2D eigenvalue weighted by Gasteiger charge is 2.31. The van der Waals surface area contributed by atoms with Crippen LogP contribution in [0.2, 0.25) is 0 Å². The van der Waals surface area contributed by atoms with E-state index in [4.69, 9.17) is 0 Å². The molecule has 1 atom stereocenters. The molecule has 1 aromatic rings. The zero-order valence-electron chi connectivity index (χ0n) is 9.82. The lowest BCUT2D eigenvalue weighted by Crippen LogP contribution is -2.39. The van der Waals surface area contributed by atoms with Gasteiger partial charge in [0.05, 0.1) is 11.3 Å². The monoisotopic (exact) mass is 220 g/mol. The molecule has 0 bridgehead atoms. The van der Waals surface area contributed by atoms with Crippen molar-refractivity contribution < 1.29 is 5.11 Å². The average molecular weight is 220 g/mol. The molecule has 1 aliphatic carbocycles. The summed E-state index contributed by atoms with van der Waals surface area (Å²) in [5.41, 5.74) is 0.548. The molecule has 3 heteroatoms. The smallest absolute Gasteiger partial charge is 0.0771 e. The summed E-state index contributed by atoms with van der Waals surface area (Å²) in [5, 5.41) is 13.6. The summed E-state index contributed by atoms with van der Waals surface area (Å²) in [5.74, 6) is 0. The van der Waals surface area contributed by atoms with Crippen molar-refractivity contribution in [1.82, 2.24) is 10.3 Å². The first kappa shape index (κ1) is 11.6. The quantitative estimate of drug-likeness (QED) is 0.816. The van der Waals surface area contributed by atoms with Crippen molar-refractivity contribution in [3.8, 4) is 0 Å². The molecule has 1 aliphatic rings. The van der Waals surface area contributed by atoms with E-state index >= 15 is 0 Å². The molecule has 0 amide bonds. The fourth-order valence-electron chi connectivity index (χ4n) is 2.29. The van der Waals surface area contributed by atoms with Crippen LogP contribution in [0.25, 0.3) is 0 Å². The highest BCUT2D eigenvalue weighted by atomic mass is 16.3. The largest absolute Gasteiger partial charge is 0.389 e. The number of nitrogens with one attached hydrogen (secondary N) is 1. The zero-order valence-corrected chi connectivity index (χ0v) is 9.82. The topological polar surface area (TPSA) is 45.1 Å². The Morgan fingerprint density at radius 2 is 2.19 bits per heavy atom. The number of hydrogen-bond donors (Lipinski definition) is 2. The highest BCUT2D eigenvalue weighted by molar-refractivity contribution is 5.07. The van der Waals surface area contributed by atoms with Crippen LogP contribution < -0.4 is 5.32 Å². The molecule has 0 spiro atoms. The van der Waals surface area contributed by atoms with Gasteiger partial charge in [0.1, 0.15) is 0 Å². The van der Waals surface area contributed by atoms with Crippen molar-refractivity contribution in [2.45, 2.75) is 44.2 Å². The van der Waals surface area contributed by atoms with E-state index < -0.39 is 5.60 Å². The predicted molar refractivity (Wildman–Crippen MR) is 64.1 cm³/mol. The standard InChI is InChI=1S/C13H20N2O/c1-11(12-6-2-5-9-14-12)15-10-13(16)7-3-4-8-13/h2,5-6,9,11,15-16H,3-4,7-8,10H2,1H3. The second-order valence-electron chi connectivity index (χ2n) is 4.79. The predicted octanol–water partition coefficient (Wildman–Crippen LogP) is 2.04. The van der Waals surface area contributed by atoms with Crippen LogP contribution in [-0.2, 0) is 0 Å². The Hall–Kier alpha value is -0.930. The second-order valence-corrected chi connectivity index (χ2v) is 4.79. The van der Waals surface area contributed by atoms with Crippen LogP contribution in [0.5, 0.6) is 0 Å². The van der Waals surface area contributed by atoms with E-state index in [1.807, 2.05) is 18.2 Å². The van der Waals surface area contributed by atoms with E-state index in [1.165, 1.54) is 0 Å². The third-order valence-corrected chi connectivity index (χ3v) is 3.40. The average Bonchev–Trinajstić information content (AvgIpc) is 2.75. The van der Waals surface area contributed by atoms with Gasteiger partial charge in [-0.25, -0.2) is 0 Å². The Kier molecular flexibility index (Phi) is 3.56. The lowest BCUT2D eigenvalue weighted by molar-refractivity contribution is 0.0452. The number of nitrogens with zero attached hydrogens (tertiary/aromatic N) is 1. The number of pyridine rings is 1. The lowest BCUT2D eigenvalue weighted by atomic mass is 10.0. The normalized spacial score (nSPS) is 20.9. The molecule has 2 rings (SSSR count). The Balaban J connectivity index is 1.86. The summed E-state index contributed by atoms with van der Waals surface area (Å²) in [6.45, 7) is 2.76. The molecule has 0 aromatic carbocycles. The molecule has 1 saturated carbocycles.